The average Bonchev–Trinajstić information content (AvgIpc) is 0.821. The molecule has 2 aliphatic rings. The van der Waals surface area contributed by atoms with Crippen molar-refractivity contribution in [2.75, 3.05) is 60.3 Å². The number of carbonyl (C=O) groups excluding carboxylic acids is 1. The number of nitrogens with two attached hydrogens (primary N) is 2. The lowest BCUT2D eigenvalue weighted by Gasteiger charge is -2.30. The van der Waals surface area contributed by atoms with E-state index in [1.165, 1.54) is 52.9 Å². The number of halogens is 2. The molecule has 552 valence electrons. The summed E-state index contributed by atoms with van der Waals surface area (Å²) in [4.78, 5) is 14.1. The van der Waals surface area contributed by atoms with Gasteiger partial charge in [-0.2, -0.15) is 4.31 Å². The van der Waals surface area contributed by atoms with E-state index in [1.54, 1.807) is 81.8 Å². The van der Waals surface area contributed by atoms with E-state index in [1.807, 2.05) is 139 Å². The van der Waals surface area contributed by atoms with Crippen molar-refractivity contribution in [2.45, 2.75) is 137 Å². The maximum absolute atomic E-state index is 12.9. The van der Waals surface area contributed by atoms with E-state index < -0.39 is 26.0 Å². The first-order chi connectivity index (χ1) is 48.3. The number of nitrogens with zero attached hydrogens (tertiary/aromatic N) is 2. The van der Waals surface area contributed by atoms with Crippen molar-refractivity contribution in [3.8, 4) is 23.0 Å². The van der Waals surface area contributed by atoms with E-state index >= 15 is 0 Å². The molecule has 18 heteroatoms. The number of aryl methyl sites for hydroxylation is 10. The molecule has 1 amide bonds. The minimum atomic E-state index is -3.52. The van der Waals surface area contributed by atoms with Crippen LogP contribution in [0.3, 0.4) is 0 Å². The van der Waals surface area contributed by atoms with Crippen LogP contribution in [-0.2, 0) is 31.3 Å². The van der Waals surface area contributed by atoms with Gasteiger partial charge in [0.15, 0.2) is 11.6 Å². The number of aromatic hydroxyl groups is 1. The molecule has 2 aliphatic heterocycles. The summed E-state index contributed by atoms with van der Waals surface area (Å²) in [6, 6.07) is 65.1. The van der Waals surface area contributed by atoms with Crippen LogP contribution in [0.5, 0.6) is 23.0 Å². The van der Waals surface area contributed by atoms with E-state index in [0.717, 1.165) is 74.5 Å². The van der Waals surface area contributed by atoms with Gasteiger partial charge in [0.1, 0.15) is 17.2 Å². The van der Waals surface area contributed by atoms with Crippen molar-refractivity contribution >= 4 is 43.2 Å². The predicted molar refractivity (Wildman–Crippen MR) is 421 cm³/mol. The van der Waals surface area contributed by atoms with Crippen LogP contribution in [0.4, 0.5) is 10.1 Å². The third-order valence-corrected chi connectivity index (χ3v) is 20.4. The zero-order valence-electron chi connectivity index (χ0n) is 62.8. The highest BCUT2D eigenvalue weighted by molar-refractivity contribution is 7.89. The van der Waals surface area contributed by atoms with E-state index in [9.17, 15) is 26.0 Å². The SMILES string of the molecule is COc1ccc(C)c(OC)c1.COc1cccc(C)c1F.Cc1ccc(C)cc1.Cc1ccc(CC(C)C)cc1.Cc1ccc(S(=O)(=O)N2CCCC(C(N)=O)C2)cc1.Cc1ccc(S(=O)(=O)NCCC2CCCN2C)cc1.Cc1ccccc1Cl.Cc1ccccc1N.Cc1ccccc1O. The van der Waals surface area contributed by atoms with Gasteiger partial charge in [-0.25, -0.2) is 25.9 Å². The van der Waals surface area contributed by atoms with Crippen LogP contribution in [-0.4, -0.2) is 97.7 Å². The molecule has 9 aromatic carbocycles. The Hall–Kier alpha value is -8.55. The van der Waals surface area contributed by atoms with Crippen LogP contribution in [0.2, 0.25) is 5.02 Å². The highest BCUT2D eigenvalue weighted by atomic mass is 35.5. The lowest BCUT2D eigenvalue weighted by molar-refractivity contribution is -0.122. The molecule has 14 nitrogen and oxygen atoms in total. The highest BCUT2D eigenvalue weighted by Crippen LogP contribution is 2.26. The second-order valence-electron chi connectivity index (χ2n) is 25.8. The van der Waals surface area contributed by atoms with Crippen LogP contribution in [0.15, 0.2) is 216 Å². The first-order valence-electron chi connectivity index (χ1n) is 34.3. The van der Waals surface area contributed by atoms with Crippen molar-refractivity contribution in [1.82, 2.24) is 13.9 Å². The number of nitrogen functional groups attached to an aromatic ring is 1. The molecule has 2 heterocycles. The zero-order chi connectivity index (χ0) is 76.0. The molecule has 2 atom stereocenters. The number of carbonyl (C=O) groups is 1. The molecule has 0 aliphatic carbocycles. The summed E-state index contributed by atoms with van der Waals surface area (Å²) in [5, 5.41) is 9.76. The van der Waals surface area contributed by atoms with Crippen LogP contribution in [0, 0.1) is 86.9 Å². The lowest BCUT2D eigenvalue weighted by Crippen LogP contribution is -2.44. The maximum Gasteiger partial charge on any atom is 0.243 e. The second kappa shape index (κ2) is 46.1. The van der Waals surface area contributed by atoms with Gasteiger partial charge in [0, 0.05) is 42.5 Å². The van der Waals surface area contributed by atoms with Gasteiger partial charge in [-0.3, -0.25) is 4.79 Å². The van der Waals surface area contributed by atoms with Gasteiger partial charge in [-0.1, -0.05) is 199 Å². The number of benzene rings is 9. The topological polar surface area (TPSA) is 204 Å². The number of methoxy groups -OCH3 is 3. The third kappa shape index (κ3) is 33.1. The summed E-state index contributed by atoms with van der Waals surface area (Å²) in [6.07, 6.45) is 5.78. The Labute approximate surface area is 615 Å². The number of primary amides is 1. The Kier molecular flexibility index (Phi) is 39.7. The Balaban J connectivity index is 0.000000305. The average molecular weight is 1450 g/mol. The number of likely N-dealkylation sites (tertiary alicyclic amines) is 1. The van der Waals surface area contributed by atoms with Gasteiger partial charge >= 0.3 is 0 Å². The van der Waals surface area contributed by atoms with Crippen LogP contribution in [0.25, 0.3) is 0 Å². The number of hydrogen-bond donors (Lipinski definition) is 4. The van der Waals surface area contributed by atoms with Crippen molar-refractivity contribution in [2.24, 2.45) is 17.6 Å². The Bertz CT molecular complexity index is 3940. The largest absolute Gasteiger partial charge is 0.508 e. The summed E-state index contributed by atoms with van der Waals surface area (Å²) in [7, 11) is -0.0174. The highest BCUT2D eigenvalue weighted by Gasteiger charge is 2.32. The number of sulfonamides is 2. The molecule has 2 fully saturated rings. The molecule has 6 N–H and O–H groups in total. The van der Waals surface area contributed by atoms with Gasteiger partial charge in [0.05, 0.1) is 37.0 Å². The van der Waals surface area contributed by atoms with Crippen LogP contribution in [0.1, 0.15) is 107 Å². The summed E-state index contributed by atoms with van der Waals surface area (Å²) in [6.45, 7) is 26.5. The van der Waals surface area contributed by atoms with Crippen LogP contribution >= 0.6 is 11.6 Å². The molecule has 0 aromatic heterocycles. The molecule has 0 saturated carbocycles. The quantitative estimate of drug-likeness (QED) is 0.0800. The number of piperidine rings is 1. The molecule has 0 spiro atoms. The van der Waals surface area contributed by atoms with Gasteiger partial charge in [0.25, 0.3) is 0 Å². The maximum atomic E-state index is 12.9. The molecule has 2 unspecified atom stereocenters. The Morgan fingerprint density at radius 1 is 0.569 bits per heavy atom. The number of ether oxygens (including phenoxy) is 3. The third-order valence-electron chi connectivity index (χ3n) is 16.6. The number of nitrogens with one attached hydrogen (secondary N) is 1. The minimum absolute atomic E-state index is 0.186. The standard InChI is InChI=1S/C14H22N2O2S.C13H18N2O3S.C11H16.C9H12O2.C8H9FO.C8H10.C7H7Cl.C7H9N.C7H8O/c1-12-5-7-14(8-6-12)19(17,18)15-10-9-13-4-3-11-16(13)2;1-10-4-6-12(7-5-10)19(17,18)15-8-2-3-11(9-15)13(14)16;1-9(2)8-11-6-4-10(3)5-7-11;1-7-4-5-8(10-2)6-9(7)11-3;1-6-4-3-5-7(10-2)8(6)9;1-7-3-5-8(2)6-4-7;3*1-6-4-2-3-5-7(6)8/h5-8,13,15H,3-4,9-11H2,1-2H3;4-7,11H,2-3,8-9H2,1H3,(H2,14,16);4-7,9H,8H2,1-3H3;4-6H,1-3H3;3-5H,1-2H3;3-6H,1-2H3;2-5H,1H3;2-5H,8H2,1H3;2-5,8H,1H3. The second-order valence-corrected chi connectivity index (χ2v) is 29.9. The van der Waals surface area contributed by atoms with E-state index in [2.05, 4.69) is 99.8 Å². The van der Waals surface area contributed by atoms with Crippen molar-refractivity contribution in [3.05, 3.63) is 278 Å². The van der Waals surface area contributed by atoms with Gasteiger partial charge in [-0.05, 0) is 215 Å². The molecule has 0 radical (unpaired) electrons. The molecule has 9 aromatic rings. The van der Waals surface area contributed by atoms with Crippen molar-refractivity contribution in [3.63, 3.8) is 0 Å². The fourth-order valence-electron chi connectivity index (χ4n) is 10.00. The Morgan fingerprint density at radius 2 is 1.05 bits per heavy atom. The number of phenols is 1. The molecule has 2 saturated heterocycles. The van der Waals surface area contributed by atoms with Crippen LogP contribution < -0.4 is 30.4 Å². The molecule has 11 rings (SSSR count). The van der Waals surface area contributed by atoms with Crippen molar-refractivity contribution in [1.29, 1.82) is 0 Å². The summed E-state index contributed by atoms with van der Waals surface area (Å²) >= 11 is 5.71. The smallest absolute Gasteiger partial charge is 0.243 e. The first kappa shape index (κ1) is 87.7. The number of phenolic OH excluding ortho intramolecular Hbond substituents is 1. The molecular weight excluding hydrogens is 1340 g/mol. The summed E-state index contributed by atoms with van der Waals surface area (Å²) in [5.74, 6) is 2.05. The predicted octanol–water partition coefficient (Wildman–Crippen LogP) is 18.2. The van der Waals surface area contributed by atoms with Crippen molar-refractivity contribution < 1.29 is 45.3 Å². The number of anilines is 1. The Morgan fingerprint density at radius 3 is 1.47 bits per heavy atom. The fraction of sp³-hybridized carbons (Fsp3) is 0.345. The minimum Gasteiger partial charge on any atom is -0.508 e. The first-order valence-corrected chi connectivity index (χ1v) is 37.6. The van der Waals surface area contributed by atoms with E-state index in [0.29, 0.717) is 53.9 Å². The molecule has 0 bridgehead atoms. The number of amides is 1. The lowest BCUT2D eigenvalue weighted by atomic mass is 9.99. The van der Waals surface area contributed by atoms with Gasteiger partial charge < -0.3 is 35.7 Å². The monoisotopic (exact) mass is 1450 g/mol. The number of rotatable bonds is 13. The van der Waals surface area contributed by atoms with Gasteiger partial charge in [0.2, 0.25) is 26.0 Å². The normalized spacial score (nSPS) is 13.8. The number of para-hydroxylation sites is 2. The van der Waals surface area contributed by atoms with E-state index in [4.69, 9.17) is 42.4 Å². The number of hydrogen-bond acceptors (Lipinski definition) is 11. The van der Waals surface area contributed by atoms with Gasteiger partial charge in [-0.15, -0.1) is 0 Å². The fourth-order valence-corrected chi connectivity index (χ4v) is 12.7. The summed E-state index contributed by atoms with van der Waals surface area (Å²) in [5.41, 5.74) is 24.1. The molecular formula is C84H111ClFN5O9S2. The summed E-state index contributed by atoms with van der Waals surface area (Å²) < 4.78 is 80.8. The molecule has 102 heavy (non-hydrogen) atoms. The van der Waals surface area contributed by atoms with E-state index in [-0.39, 0.29) is 23.2 Å². The zero-order valence-corrected chi connectivity index (χ0v) is 65.2.